The molecule has 1 heterocycles. The van der Waals surface area contributed by atoms with Gasteiger partial charge in [0.1, 0.15) is 0 Å². The van der Waals surface area contributed by atoms with Gasteiger partial charge in [-0.2, -0.15) is 0 Å². The Hall–Kier alpha value is -3.59. The number of rotatable bonds is 5. The molecule has 0 fully saturated rings. The van der Waals surface area contributed by atoms with Gasteiger partial charge in [0.05, 0.1) is 4.92 Å². The lowest BCUT2D eigenvalue weighted by Gasteiger charge is -2.07. The number of hydrogen-bond acceptors (Lipinski definition) is 6. The van der Waals surface area contributed by atoms with E-state index in [1.165, 1.54) is 35.6 Å². The van der Waals surface area contributed by atoms with Crippen LogP contribution in [0.1, 0.15) is 20.7 Å². The molecule has 0 aliphatic carbocycles. The zero-order valence-electron chi connectivity index (χ0n) is 13.2. The summed E-state index contributed by atoms with van der Waals surface area (Å²) in [7, 11) is 0. The van der Waals surface area contributed by atoms with Crippen molar-refractivity contribution in [3.8, 4) is 0 Å². The van der Waals surface area contributed by atoms with Gasteiger partial charge in [0, 0.05) is 40.5 Å². The largest absolute Gasteiger partial charge is 0.322 e. The molecule has 0 aliphatic rings. The first-order chi connectivity index (χ1) is 12.5. The van der Waals surface area contributed by atoms with Crippen molar-refractivity contribution in [1.29, 1.82) is 0 Å². The summed E-state index contributed by atoms with van der Waals surface area (Å²) in [5, 5.41) is 18.2. The van der Waals surface area contributed by atoms with Crippen molar-refractivity contribution in [2.24, 2.45) is 0 Å². The van der Waals surface area contributed by atoms with Gasteiger partial charge < -0.3 is 5.32 Å². The highest BCUT2D eigenvalue weighted by Gasteiger charge is 2.11. The molecule has 1 aromatic heterocycles. The minimum atomic E-state index is -0.531. The molecule has 0 bridgehead atoms. The number of nitrogens with one attached hydrogen (secondary N) is 2. The lowest BCUT2D eigenvalue weighted by atomic mass is 10.1. The number of thiazole rings is 1. The average molecular weight is 368 g/mol. The fraction of sp³-hybridized carbons (Fsp3) is 0. The third-order valence-electron chi connectivity index (χ3n) is 3.40. The second-order valence-corrected chi connectivity index (χ2v) is 6.02. The zero-order valence-corrected chi connectivity index (χ0v) is 14.0. The molecular formula is C17H12N4O4S. The van der Waals surface area contributed by atoms with Crippen LogP contribution in [0.25, 0.3) is 0 Å². The second-order valence-electron chi connectivity index (χ2n) is 5.13. The van der Waals surface area contributed by atoms with Crippen LogP contribution in [0.15, 0.2) is 60.1 Å². The fourth-order valence-corrected chi connectivity index (χ4v) is 2.62. The van der Waals surface area contributed by atoms with Crippen LogP contribution < -0.4 is 10.6 Å². The van der Waals surface area contributed by atoms with E-state index >= 15 is 0 Å². The molecule has 130 valence electrons. The van der Waals surface area contributed by atoms with Gasteiger partial charge >= 0.3 is 0 Å². The maximum atomic E-state index is 12.2. The number of non-ortho nitro benzene ring substituents is 1. The first kappa shape index (κ1) is 17.2. The van der Waals surface area contributed by atoms with Crippen LogP contribution in [0.5, 0.6) is 0 Å². The molecule has 2 amide bonds. The van der Waals surface area contributed by atoms with E-state index in [0.717, 1.165) is 0 Å². The summed E-state index contributed by atoms with van der Waals surface area (Å²) >= 11 is 1.32. The fourth-order valence-electron chi connectivity index (χ4n) is 2.10. The number of nitrogens with zero attached hydrogens (tertiary/aromatic N) is 2. The van der Waals surface area contributed by atoms with Crippen LogP contribution in [-0.4, -0.2) is 21.7 Å². The molecule has 0 spiro atoms. The van der Waals surface area contributed by atoms with Crippen LogP contribution in [-0.2, 0) is 0 Å². The van der Waals surface area contributed by atoms with Crippen molar-refractivity contribution < 1.29 is 14.5 Å². The highest BCUT2D eigenvalue weighted by molar-refractivity contribution is 7.13. The first-order valence-corrected chi connectivity index (χ1v) is 8.27. The van der Waals surface area contributed by atoms with E-state index in [9.17, 15) is 19.7 Å². The van der Waals surface area contributed by atoms with Gasteiger partial charge in [0.25, 0.3) is 17.5 Å². The molecule has 0 atom stereocenters. The van der Waals surface area contributed by atoms with E-state index in [0.29, 0.717) is 21.9 Å². The lowest BCUT2D eigenvalue weighted by molar-refractivity contribution is -0.384. The van der Waals surface area contributed by atoms with E-state index < -0.39 is 10.8 Å². The molecule has 0 saturated heterocycles. The summed E-state index contributed by atoms with van der Waals surface area (Å²) in [4.78, 5) is 38.3. The van der Waals surface area contributed by atoms with Gasteiger partial charge in [0.2, 0.25) is 0 Å². The monoisotopic (exact) mass is 368 g/mol. The molecule has 0 radical (unpaired) electrons. The molecule has 3 aromatic rings. The van der Waals surface area contributed by atoms with Crippen LogP contribution in [0, 0.1) is 10.1 Å². The molecule has 0 aliphatic heterocycles. The van der Waals surface area contributed by atoms with Crippen LogP contribution >= 0.6 is 11.3 Å². The smallest absolute Gasteiger partial charge is 0.269 e. The van der Waals surface area contributed by atoms with Gasteiger partial charge in [-0.05, 0) is 36.4 Å². The van der Waals surface area contributed by atoms with Crippen molar-refractivity contribution >= 4 is 39.7 Å². The minimum Gasteiger partial charge on any atom is -0.322 e. The summed E-state index contributed by atoms with van der Waals surface area (Å²) < 4.78 is 0. The summed E-state index contributed by atoms with van der Waals surface area (Å²) in [6.45, 7) is 0. The van der Waals surface area contributed by atoms with Crippen LogP contribution in [0.4, 0.5) is 16.5 Å². The summed E-state index contributed by atoms with van der Waals surface area (Å²) in [6.07, 6.45) is 1.59. The Bertz CT molecular complexity index is 938. The van der Waals surface area contributed by atoms with E-state index in [4.69, 9.17) is 0 Å². The zero-order chi connectivity index (χ0) is 18.5. The van der Waals surface area contributed by atoms with Crippen molar-refractivity contribution in [3.63, 3.8) is 0 Å². The molecule has 3 rings (SSSR count). The normalized spacial score (nSPS) is 10.2. The molecular weight excluding hydrogens is 356 g/mol. The number of hydrogen-bond donors (Lipinski definition) is 2. The van der Waals surface area contributed by atoms with Crippen molar-refractivity contribution in [1.82, 2.24) is 4.98 Å². The predicted molar refractivity (Wildman–Crippen MR) is 97.6 cm³/mol. The van der Waals surface area contributed by atoms with Crippen molar-refractivity contribution in [3.05, 3.63) is 81.3 Å². The summed E-state index contributed by atoms with van der Waals surface area (Å²) in [5.41, 5.74) is 1.13. The quantitative estimate of drug-likeness (QED) is 0.528. The Balaban J connectivity index is 1.64. The van der Waals surface area contributed by atoms with Crippen molar-refractivity contribution in [2.45, 2.75) is 0 Å². The van der Waals surface area contributed by atoms with Crippen molar-refractivity contribution in [2.75, 3.05) is 10.6 Å². The first-order valence-electron chi connectivity index (χ1n) is 7.39. The molecule has 0 unspecified atom stereocenters. The van der Waals surface area contributed by atoms with E-state index in [1.54, 1.807) is 35.8 Å². The number of amides is 2. The highest BCUT2D eigenvalue weighted by Crippen LogP contribution is 2.16. The Morgan fingerprint density at radius 1 is 0.923 bits per heavy atom. The number of anilines is 2. The third kappa shape index (κ3) is 4.08. The van der Waals surface area contributed by atoms with E-state index in [-0.39, 0.29) is 11.6 Å². The summed E-state index contributed by atoms with van der Waals surface area (Å²) in [5.74, 6) is -0.701. The molecule has 9 heteroatoms. The molecule has 0 saturated carbocycles. The average Bonchev–Trinajstić information content (AvgIpc) is 3.15. The maximum absolute atomic E-state index is 12.2. The molecule has 26 heavy (non-hydrogen) atoms. The summed E-state index contributed by atoms with van der Waals surface area (Å²) in [6, 6.07) is 11.6. The van der Waals surface area contributed by atoms with Crippen LogP contribution in [0.2, 0.25) is 0 Å². The standard InChI is InChI=1S/C17H12N4O4S/c22-15(12-3-7-14(8-4-12)21(24)25)19-13-5-1-11(2-6-13)16(23)20-17-18-9-10-26-17/h1-10H,(H,19,22)(H,18,20,23). The minimum absolute atomic E-state index is 0.0860. The second kappa shape index (κ2) is 7.53. The number of nitro benzene ring substituents is 1. The van der Waals surface area contributed by atoms with Gasteiger partial charge in [-0.25, -0.2) is 4.98 Å². The van der Waals surface area contributed by atoms with Gasteiger partial charge in [-0.1, -0.05) is 0 Å². The Morgan fingerprint density at radius 3 is 2.04 bits per heavy atom. The van der Waals surface area contributed by atoms with E-state index in [2.05, 4.69) is 15.6 Å². The Kier molecular flexibility index (Phi) is 4.99. The maximum Gasteiger partial charge on any atom is 0.269 e. The highest BCUT2D eigenvalue weighted by atomic mass is 32.1. The SMILES string of the molecule is O=C(Nc1ccc(C(=O)Nc2nccs2)cc1)c1ccc([N+](=O)[O-])cc1. The number of carbonyl (C=O) groups is 2. The van der Waals surface area contributed by atoms with Gasteiger partial charge in [-0.3, -0.25) is 25.0 Å². The van der Waals surface area contributed by atoms with Crippen LogP contribution in [0.3, 0.4) is 0 Å². The lowest BCUT2D eigenvalue weighted by Crippen LogP contribution is -2.13. The van der Waals surface area contributed by atoms with E-state index in [1.807, 2.05) is 0 Å². The third-order valence-corrected chi connectivity index (χ3v) is 4.09. The molecule has 2 aromatic carbocycles. The number of nitro groups is 1. The Labute approximate surface area is 151 Å². The molecule has 8 nitrogen and oxygen atoms in total. The Morgan fingerprint density at radius 2 is 1.50 bits per heavy atom. The van der Waals surface area contributed by atoms with Gasteiger partial charge in [-0.15, -0.1) is 11.3 Å². The van der Waals surface area contributed by atoms with Gasteiger partial charge in [0.15, 0.2) is 5.13 Å². The molecule has 2 N–H and O–H groups in total. The number of aromatic nitrogens is 1. The predicted octanol–water partition coefficient (Wildman–Crippen LogP) is 3.56. The number of carbonyl (C=O) groups excluding carboxylic acids is 2. The number of benzene rings is 2. The topological polar surface area (TPSA) is 114 Å².